The number of para-hydroxylation sites is 1. The third kappa shape index (κ3) is 5.61. The highest BCUT2D eigenvalue weighted by Gasteiger charge is 2.16. The maximum Gasteiger partial charge on any atom is 0.307 e. The minimum absolute atomic E-state index is 0.157. The van der Waals surface area contributed by atoms with Gasteiger partial charge in [-0.15, -0.1) is 0 Å². The standard InChI is InChI=1S/C19H21NO5/c1-13(25-12-14-6-5-8-16(10-14)24-2)19(23)20-17-9-4-3-7-15(17)11-18(21)22/h3-10,13H,11-12H2,1-2H3,(H,20,23)(H,21,22). The van der Waals surface area contributed by atoms with Crippen molar-refractivity contribution in [3.63, 3.8) is 0 Å². The lowest BCUT2D eigenvalue weighted by Crippen LogP contribution is -2.28. The Morgan fingerprint density at radius 1 is 1.16 bits per heavy atom. The second-order valence-corrected chi connectivity index (χ2v) is 5.52. The van der Waals surface area contributed by atoms with Gasteiger partial charge in [0, 0.05) is 5.69 Å². The van der Waals surface area contributed by atoms with Crippen molar-refractivity contribution < 1.29 is 24.2 Å². The Morgan fingerprint density at radius 2 is 1.92 bits per heavy atom. The van der Waals surface area contributed by atoms with Crippen LogP contribution in [-0.2, 0) is 27.4 Å². The number of hydrogen-bond donors (Lipinski definition) is 2. The molecule has 1 unspecified atom stereocenters. The van der Waals surface area contributed by atoms with Crippen LogP contribution in [0.1, 0.15) is 18.1 Å². The number of carboxylic acids is 1. The van der Waals surface area contributed by atoms with Gasteiger partial charge in [-0.1, -0.05) is 30.3 Å². The molecule has 6 heteroatoms. The number of nitrogens with one attached hydrogen (secondary N) is 1. The zero-order valence-corrected chi connectivity index (χ0v) is 14.2. The van der Waals surface area contributed by atoms with Crippen LogP contribution in [0.15, 0.2) is 48.5 Å². The predicted octanol–water partition coefficient (Wildman–Crippen LogP) is 2.87. The molecule has 0 radical (unpaired) electrons. The molecule has 0 saturated carbocycles. The first-order valence-corrected chi connectivity index (χ1v) is 7.84. The third-order valence-corrected chi connectivity index (χ3v) is 3.62. The van der Waals surface area contributed by atoms with Gasteiger partial charge in [-0.2, -0.15) is 0 Å². The fraction of sp³-hybridized carbons (Fsp3) is 0.263. The van der Waals surface area contributed by atoms with Crippen molar-refractivity contribution in [1.29, 1.82) is 0 Å². The highest BCUT2D eigenvalue weighted by Crippen LogP contribution is 2.17. The quantitative estimate of drug-likeness (QED) is 0.770. The topological polar surface area (TPSA) is 84.9 Å². The van der Waals surface area contributed by atoms with E-state index in [1.165, 1.54) is 0 Å². The van der Waals surface area contributed by atoms with Crippen LogP contribution in [-0.4, -0.2) is 30.2 Å². The molecular formula is C19H21NO5. The Balaban J connectivity index is 1.95. The Bertz CT molecular complexity index is 744. The highest BCUT2D eigenvalue weighted by molar-refractivity contribution is 5.95. The molecule has 0 aromatic heterocycles. The lowest BCUT2D eigenvalue weighted by Gasteiger charge is -2.15. The molecular weight excluding hydrogens is 322 g/mol. The molecule has 0 bridgehead atoms. The van der Waals surface area contributed by atoms with Crippen LogP contribution < -0.4 is 10.1 Å². The minimum Gasteiger partial charge on any atom is -0.497 e. The summed E-state index contributed by atoms with van der Waals surface area (Å²) >= 11 is 0. The fourth-order valence-corrected chi connectivity index (χ4v) is 2.25. The average Bonchev–Trinajstić information content (AvgIpc) is 2.61. The van der Waals surface area contributed by atoms with E-state index in [0.29, 0.717) is 11.3 Å². The van der Waals surface area contributed by atoms with E-state index in [1.54, 1.807) is 38.3 Å². The van der Waals surface area contributed by atoms with Crippen molar-refractivity contribution in [2.24, 2.45) is 0 Å². The summed E-state index contributed by atoms with van der Waals surface area (Å²) in [5.41, 5.74) is 1.92. The van der Waals surface area contributed by atoms with E-state index in [1.807, 2.05) is 24.3 Å². The fourth-order valence-electron chi connectivity index (χ4n) is 2.25. The molecule has 0 fully saturated rings. The van der Waals surface area contributed by atoms with Gasteiger partial charge in [-0.25, -0.2) is 0 Å². The van der Waals surface area contributed by atoms with Crippen LogP contribution >= 0.6 is 0 Å². The van der Waals surface area contributed by atoms with Gasteiger partial charge in [0.1, 0.15) is 11.9 Å². The summed E-state index contributed by atoms with van der Waals surface area (Å²) in [5.74, 6) is -0.564. The molecule has 2 aromatic rings. The first kappa shape index (κ1) is 18.5. The molecule has 6 nitrogen and oxygen atoms in total. The lowest BCUT2D eigenvalue weighted by atomic mass is 10.1. The molecule has 2 aromatic carbocycles. The predicted molar refractivity (Wildman–Crippen MR) is 93.7 cm³/mol. The number of ether oxygens (including phenoxy) is 2. The van der Waals surface area contributed by atoms with Gasteiger partial charge in [-0.3, -0.25) is 9.59 Å². The van der Waals surface area contributed by atoms with Gasteiger partial charge >= 0.3 is 5.97 Å². The lowest BCUT2D eigenvalue weighted by molar-refractivity contribution is -0.136. The van der Waals surface area contributed by atoms with Crippen LogP contribution in [0.2, 0.25) is 0 Å². The molecule has 0 saturated heterocycles. The maximum absolute atomic E-state index is 12.3. The summed E-state index contributed by atoms with van der Waals surface area (Å²) in [7, 11) is 1.59. The summed E-state index contributed by atoms with van der Waals surface area (Å²) in [4.78, 5) is 23.2. The molecule has 0 aliphatic rings. The van der Waals surface area contributed by atoms with Gasteiger partial charge in [0.25, 0.3) is 5.91 Å². The maximum atomic E-state index is 12.3. The van der Waals surface area contributed by atoms with E-state index in [9.17, 15) is 9.59 Å². The second-order valence-electron chi connectivity index (χ2n) is 5.52. The van der Waals surface area contributed by atoms with Crippen LogP contribution in [0.25, 0.3) is 0 Å². The van der Waals surface area contributed by atoms with Crippen molar-refractivity contribution in [1.82, 2.24) is 0 Å². The number of carbonyl (C=O) groups excluding carboxylic acids is 1. The number of carboxylic acid groups (broad SMARTS) is 1. The zero-order chi connectivity index (χ0) is 18.2. The van der Waals surface area contributed by atoms with E-state index in [2.05, 4.69) is 5.32 Å². The van der Waals surface area contributed by atoms with Gasteiger partial charge in [0.15, 0.2) is 0 Å². The van der Waals surface area contributed by atoms with E-state index >= 15 is 0 Å². The first-order chi connectivity index (χ1) is 12.0. The van der Waals surface area contributed by atoms with Crippen molar-refractivity contribution in [3.8, 4) is 5.75 Å². The summed E-state index contributed by atoms with van der Waals surface area (Å²) in [5, 5.41) is 11.7. The average molecular weight is 343 g/mol. The number of aliphatic carboxylic acids is 1. The number of methoxy groups -OCH3 is 1. The molecule has 2 N–H and O–H groups in total. The monoisotopic (exact) mass is 343 g/mol. The van der Waals surface area contributed by atoms with Crippen LogP contribution in [0, 0.1) is 0 Å². The van der Waals surface area contributed by atoms with E-state index < -0.39 is 12.1 Å². The number of carbonyl (C=O) groups is 2. The minimum atomic E-state index is -0.955. The zero-order valence-electron chi connectivity index (χ0n) is 14.2. The van der Waals surface area contributed by atoms with Crippen LogP contribution in [0.5, 0.6) is 5.75 Å². The van der Waals surface area contributed by atoms with Crippen LogP contribution in [0.4, 0.5) is 5.69 Å². The van der Waals surface area contributed by atoms with Gasteiger partial charge < -0.3 is 19.9 Å². The number of benzene rings is 2. The third-order valence-electron chi connectivity index (χ3n) is 3.62. The number of rotatable bonds is 8. The Labute approximate surface area is 146 Å². The molecule has 0 heterocycles. The molecule has 0 aliphatic carbocycles. The Kier molecular flexibility index (Phi) is 6.54. The van der Waals surface area contributed by atoms with Crippen molar-refractivity contribution in [2.75, 3.05) is 12.4 Å². The van der Waals surface area contributed by atoms with E-state index in [4.69, 9.17) is 14.6 Å². The largest absolute Gasteiger partial charge is 0.497 e. The highest BCUT2D eigenvalue weighted by atomic mass is 16.5. The van der Waals surface area contributed by atoms with Crippen LogP contribution in [0.3, 0.4) is 0 Å². The summed E-state index contributed by atoms with van der Waals surface area (Å²) in [6.45, 7) is 1.91. The number of amides is 1. The molecule has 1 atom stereocenters. The van der Waals surface area contributed by atoms with E-state index in [-0.39, 0.29) is 18.9 Å². The second kappa shape index (κ2) is 8.84. The summed E-state index contributed by atoms with van der Waals surface area (Å²) in [6.07, 6.45) is -0.848. The first-order valence-electron chi connectivity index (χ1n) is 7.84. The summed E-state index contributed by atoms with van der Waals surface area (Å²) in [6, 6.07) is 14.2. The number of hydrogen-bond acceptors (Lipinski definition) is 4. The normalized spacial score (nSPS) is 11.6. The van der Waals surface area contributed by atoms with Crippen molar-refractivity contribution in [2.45, 2.75) is 26.1 Å². The molecule has 132 valence electrons. The Morgan fingerprint density at radius 3 is 2.64 bits per heavy atom. The molecule has 25 heavy (non-hydrogen) atoms. The van der Waals surface area contributed by atoms with Crippen molar-refractivity contribution in [3.05, 3.63) is 59.7 Å². The SMILES string of the molecule is COc1cccc(COC(C)C(=O)Nc2ccccc2CC(=O)O)c1. The van der Waals surface area contributed by atoms with E-state index in [0.717, 1.165) is 11.3 Å². The molecule has 0 aliphatic heterocycles. The van der Waals surface area contributed by atoms with Crippen molar-refractivity contribution >= 4 is 17.6 Å². The number of anilines is 1. The smallest absolute Gasteiger partial charge is 0.307 e. The molecule has 2 rings (SSSR count). The summed E-state index contributed by atoms with van der Waals surface area (Å²) < 4.78 is 10.7. The van der Waals surface area contributed by atoms with Gasteiger partial charge in [0.2, 0.25) is 0 Å². The van der Waals surface area contributed by atoms with Gasteiger partial charge in [0.05, 0.1) is 20.1 Å². The molecule has 0 spiro atoms. The van der Waals surface area contributed by atoms with Gasteiger partial charge in [-0.05, 0) is 36.2 Å². The Hall–Kier alpha value is -2.86. The molecule has 1 amide bonds.